The van der Waals surface area contributed by atoms with Gasteiger partial charge in [0.25, 0.3) is 0 Å². The van der Waals surface area contributed by atoms with E-state index in [2.05, 4.69) is 44.2 Å². The van der Waals surface area contributed by atoms with Crippen LogP contribution in [0, 0.1) is 19.7 Å². The molecule has 0 N–H and O–H groups in total. The minimum atomic E-state index is -0.225. The fraction of sp³-hybridized carbons (Fsp3) is 0.0870. The highest BCUT2D eigenvalue weighted by atomic mass is 19.1. The Morgan fingerprint density at radius 1 is 0.720 bits per heavy atom. The van der Waals surface area contributed by atoms with Gasteiger partial charge in [0.05, 0.1) is 11.2 Å². The Labute approximate surface area is 146 Å². The van der Waals surface area contributed by atoms with Crippen molar-refractivity contribution in [3.8, 4) is 22.4 Å². The molecule has 3 aromatic carbocycles. The predicted octanol–water partition coefficient (Wildman–Crippen LogP) is 6.32. The van der Waals surface area contributed by atoms with Gasteiger partial charge in [0.15, 0.2) is 0 Å². The normalized spacial score (nSPS) is 11.0. The van der Waals surface area contributed by atoms with E-state index >= 15 is 0 Å². The number of rotatable bonds is 2. The summed E-state index contributed by atoms with van der Waals surface area (Å²) in [5.41, 5.74) is 7.47. The van der Waals surface area contributed by atoms with Crippen LogP contribution in [-0.4, -0.2) is 4.98 Å². The lowest BCUT2D eigenvalue weighted by Gasteiger charge is -2.11. The van der Waals surface area contributed by atoms with Gasteiger partial charge in [0, 0.05) is 10.9 Å². The van der Waals surface area contributed by atoms with Gasteiger partial charge in [0.1, 0.15) is 5.82 Å². The minimum absolute atomic E-state index is 0.225. The molecule has 0 bridgehead atoms. The fourth-order valence-corrected chi connectivity index (χ4v) is 3.31. The van der Waals surface area contributed by atoms with Crippen LogP contribution in [0.25, 0.3) is 33.3 Å². The van der Waals surface area contributed by atoms with Gasteiger partial charge in [-0.1, -0.05) is 47.5 Å². The molecule has 0 saturated carbocycles. The number of hydrogen-bond donors (Lipinski definition) is 0. The zero-order valence-corrected chi connectivity index (χ0v) is 14.3. The van der Waals surface area contributed by atoms with Gasteiger partial charge in [-0.05, 0) is 61.4 Å². The van der Waals surface area contributed by atoms with Gasteiger partial charge in [-0.2, -0.15) is 0 Å². The van der Waals surface area contributed by atoms with Crippen molar-refractivity contribution in [2.75, 3.05) is 0 Å². The van der Waals surface area contributed by atoms with Gasteiger partial charge in [-0.25, -0.2) is 9.37 Å². The first-order chi connectivity index (χ1) is 12.1. The zero-order valence-electron chi connectivity index (χ0n) is 14.3. The molecular formula is C23H18FN. The molecule has 122 valence electrons. The van der Waals surface area contributed by atoms with Crippen molar-refractivity contribution in [2.45, 2.75) is 13.8 Å². The second kappa shape index (κ2) is 6.14. The minimum Gasteiger partial charge on any atom is -0.248 e. The van der Waals surface area contributed by atoms with E-state index in [-0.39, 0.29) is 5.82 Å². The highest BCUT2D eigenvalue weighted by molar-refractivity contribution is 5.96. The molecule has 0 radical (unpaired) electrons. The van der Waals surface area contributed by atoms with Crippen molar-refractivity contribution < 1.29 is 4.39 Å². The van der Waals surface area contributed by atoms with Crippen LogP contribution in [0.3, 0.4) is 0 Å². The third-order valence-corrected chi connectivity index (χ3v) is 4.39. The summed E-state index contributed by atoms with van der Waals surface area (Å²) in [7, 11) is 0. The summed E-state index contributed by atoms with van der Waals surface area (Å²) in [6.07, 6.45) is 0. The summed E-state index contributed by atoms with van der Waals surface area (Å²) in [5.74, 6) is -0.225. The summed E-state index contributed by atoms with van der Waals surface area (Å²) < 4.78 is 13.3. The van der Waals surface area contributed by atoms with Gasteiger partial charge in [-0.3, -0.25) is 0 Å². The molecule has 2 heteroatoms. The Morgan fingerprint density at radius 2 is 1.40 bits per heavy atom. The molecule has 0 aliphatic rings. The predicted molar refractivity (Wildman–Crippen MR) is 102 cm³/mol. The maximum absolute atomic E-state index is 13.3. The molecule has 25 heavy (non-hydrogen) atoms. The first kappa shape index (κ1) is 15.5. The largest absolute Gasteiger partial charge is 0.248 e. The van der Waals surface area contributed by atoms with Crippen molar-refractivity contribution in [1.82, 2.24) is 4.98 Å². The molecule has 4 aromatic rings. The maximum atomic E-state index is 13.3. The standard InChI is InChI=1S/C23H18FN/c1-15-11-16(2)13-18(12-15)23-14-21(17-7-9-19(24)10-8-17)20-5-3-4-6-22(20)25-23/h3-14H,1-2H3. The molecule has 0 atom stereocenters. The average Bonchev–Trinajstić information content (AvgIpc) is 2.61. The Kier molecular flexibility index (Phi) is 3.81. The molecule has 0 unspecified atom stereocenters. The quantitative estimate of drug-likeness (QED) is 0.419. The smallest absolute Gasteiger partial charge is 0.123 e. The Bertz CT molecular complexity index is 1040. The van der Waals surface area contributed by atoms with E-state index in [0.29, 0.717) is 0 Å². The van der Waals surface area contributed by atoms with Crippen molar-refractivity contribution in [1.29, 1.82) is 0 Å². The highest BCUT2D eigenvalue weighted by Gasteiger charge is 2.10. The molecule has 1 heterocycles. The van der Waals surface area contributed by atoms with Crippen molar-refractivity contribution in [2.24, 2.45) is 0 Å². The van der Waals surface area contributed by atoms with E-state index in [1.807, 2.05) is 30.3 Å². The first-order valence-corrected chi connectivity index (χ1v) is 8.34. The molecule has 0 fully saturated rings. The summed E-state index contributed by atoms with van der Waals surface area (Å²) in [4.78, 5) is 4.86. The number of aromatic nitrogens is 1. The zero-order chi connectivity index (χ0) is 17.4. The van der Waals surface area contributed by atoms with E-state index in [1.54, 1.807) is 0 Å². The molecule has 0 amide bonds. The number of nitrogens with zero attached hydrogens (tertiary/aromatic N) is 1. The van der Waals surface area contributed by atoms with Gasteiger partial charge >= 0.3 is 0 Å². The number of aryl methyl sites for hydroxylation is 2. The van der Waals surface area contributed by atoms with Crippen LogP contribution in [0.2, 0.25) is 0 Å². The summed E-state index contributed by atoms with van der Waals surface area (Å²) in [5, 5.41) is 1.07. The summed E-state index contributed by atoms with van der Waals surface area (Å²) >= 11 is 0. The highest BCUT2D eigenvalue weighted by Crippen LogP contribution is 2.32. The average molecular weight is 327 g/mol. The van der Waals surface area contributed by atoms with E-state index in [9.17, 15) is 4.39 Å². The van der Waals surface area contributed by atoms with Crippen LogP contribution >= 0.6 is 0 Å². The van der Waals surface area contributed by atoms with Gasteiger partial charge in [0.2, 0.25) is 0 Å². The van der Waals surface area contributed by atoms with Crippen LogP contribution in [0.1, 0.15) is 11.1 Å². The monoisotopic (exact) mass is 327 g/mol. The molecule has 1 nitrogen and oxygen atoms in total. The molecule has 0 aliphatic carbocycles. The second-order valence-corrected chi connectivity index (χ2v) is 6.46. The molecule has 0 aliphatic heterocycles. The maximum Gasteiger partial charge on any atom is 0.123 e. The SMILES string of the molecule is Cc1cc(C)cc(-c2cc(-c3ccc(F)cc3)c3ccccc3n2)c1. The van der Waals surface area contributed by atoms with Gasteiger partial charge < -0.3 is 0 Å². The molecule has 1 aromatic heterocycles. The Balaban J connectivity index is 1.99. The number of para-hydroxylation sites is 1. The molecule has 4 rings (SSSR count). The summed E-state index contributed by atoms with van der Waals surface area (Å²) in [6.45, 7) is 4.19. The topological polar surface area (TPSA) is 12.9 Å². The summed E-state index contributed by atoms with van der Waals surface area (Å²) in [6, 6.07) is 23.3. The van der Waals surface area contributed by atoms with Crippen molar-refractivity contribution in [3.63, 3.8) is 0 Å². The lowest BCUT2D eigenvalue weighted by molar-refractivity contribution is 0.628. The van der Waals surface area contributed by atoms with E-state index in [0.717, 1.165) is 33.3 Å². The van der Waals surface area contributed by atoms with Gasteiger partial charge in [-0.15, -0.1) is 0 Å². The Morgan fingerprint density at radius 3 is 2.12 bits per heavy atom. The number of benzene rings is 3. The van der Waals surface area contributed by atoms with Crippen molar-refractivity contribution in [3.05, 3.63) is 89.7 Å². The van der Waals surface area contributed by atoms with Crippen LogP contribution < -0.4 is 0 Å². The lowest BCUT2D eigenvalue weighted by atomic mass is 9.97. The molecule has 0 saturated heterocycles. The number of halogens is 1. The van der Waals surface area contributed by atoms with Crippen LogP contribution in [-0.2, 0) is 0 Å². The first-order valence-electron chi connectivity index (χ1n) is 8.34. The number of fused-ring (bicyclic) bond motifs is 1. The number of pyridine rings is 1. The molecule has 0 spiro atoms. The molecular weight excluding hydrogens is 309 g/mol. The fourth-order valence-electron chi connectivity index (χ4n) is 3.31. The van der Waals surface area contributed by atoms with Crippen molar-refractivity contribution >= 4 is 10.9 Å². The van der Waals surface area contributed by atoms with E-state index < -0.39 is 0 Å². The second-order valence-electron chi connectivity index (χ2n) is 6.46. The van der Waals surface area contributed by atoms with Crippen LogP contribution in [0.15, 0.2) is 72.8 Å². The lowest BCUT2D eigenvalue weighted by Crippen LogP contribution is -1.91. The third kappa shape index (κ3) is 3.03. The van der Waals surface area contributed by atoms with Crippen LogP contribution in [0.4, 0.5) is 4.39 Å². The van der Waals surface area contributed by atoms with E-state index in [4.69, 9.17) is 4.98 Å². The third-order valence-electron chi connectivity index (χ3n) is 4.39. The Hall–Kier alpha value is -3.00. The van der Waals surface area contributed by atoms with Crippen LogP contribution in [0.5, 0.6) is 0 Å². The van der Waals surface area contributed by atoms with E-state index in [1.165, 1.54) is 23.3 Å². The number of hydrogen-bond acceptors (Lipinski definition) is 1.